The highest BCUT2D eigenvalue weighted by molar-refractivity contribution is 5.10. The van der Waals surface area contributed by atoms with Gasteiger partial charge < -0.3 is 10.6 Å². The molecule has 2 N–H and O–H groups in total. The smallest absolute Gasteiger partial charge is 0.109 e. The van der Waals surface area contributed by atoms with Crippen molar-refractivity contribution in [2.75, 3.05) is 13.1 Å². The Morgan fingerprint density at radius 2 is 1.90 bits per heavy atom. The summed E-state index contributed by atoms with van der Waals surface area (Å²) in [5, 5.41) is 14.5. The largest absolute Gasteiger partial charge is 0.371 e. The molecule has 1 heterocycles. The van der Waals surface area contributed by atoms with E-state index in [-0.39, 0.29) is 0 Å². The molecule has 0 bridgehead atoms. The molecule has 10 heavy (non-hydrogen) atoms. The fraction of sp³-hybridized carbons (Fsp3) is 0.571. The Kier molecular flexibility index (Phi) is 2.62. The highest BCUT2D eigenvalue weighted by Gasteiger charge is 1.99. The topological polar surface area (TPSA) is 47.9 Å². The molecular formula is C7H11N3. The number of hydrogen-bond donors (Lipinski definition) is 2. The minimum absolute atomic E-state index is 0.861. The molecule has 0 amide bonds. The van der Waals surface area contributed by atoms with Gasteiger partial charge in [-0.25, -0.2) is 0 Å². The van der Waals surface area contributed by atoms with Crippen LogP contribution in [0.4, 0.5) is 0 Å². The van der Waals surface area contributed by atoms with Crippen LogP contribution in [0, 0.1) is 11.3 Å². The second kappa shape index (κ2) is 3.78. The van der Waals surface area contributed by atoms with Gasteiger partial charge in [0.1, 0.15) is 5.82 Å². The van der Waals surface area contributed by atoms with Crippen LogP contribution in [0.2, 0.25) is 0 Å². The SMILES string of the molecule is N#CC=C1NCCCCN1. The van der Waals surface area contributed by atoms with Crippen molar-refractivity contribution < 1.29 is 0 Å². The van der Waals surface area contributed by atoms with Crippen LogP contribution in [-0.4, -0.2) is 13.1 Å². The Hall–Kier alpha value is -1.17. The van der Waals surface area contributed by atoms with Crippen LogP contribution in [0.1, 0.15) is 12.8 Å². The first kappa shape index (κ1) is 6.94. The Morgan fingerprint density at radius 1 is 1.30 bits per heavy atom. The zero-order valence-electron chi connectivity index (χ0n) is 5.85. The fourth-order valence-corrected chi connectivity index (χ4v) is 0.925. The zero-order valence-corrected chi connectivity index (χ0v) is 5.85. The monoisotopic (exact) mass is 137 g/mol. The van der Waals surface area contributed by atoms with Crippen molar-refractivity contribution >= 4 is 0 Å². The van der Waals surface area contributed by atoms with Gasteiger partial charge in [-0.3, -0.25) is 0 Å². The van der Waals surface area contributed by atoms with E-state index in [4.69, 9.17) is 5.26 Å². The molecule has 1 aliphatic heterocycles. The van der Waals surface area contributed by atoms with Crippen LogP contribution in [0.25, 0.3) is 0 Å². The molecule has 1 aliphatic rings. The van der Waals surface area contributed by atoms with E-state index in [1.54, 1.807) is 0 Å². The molecule has 0 aromatic heterocycles. The van der Waals surface area contributed by atoms with Gasteiger partial charge in [0.25, 0.3) is 0 Å². The molecule has 0 saturated carbocycles. The molecule has 54 valence electrons. The van der Waals surface area contributed by atoms with Crippen molar-refractivity contribution in [3.63, 3.8) is 0 Å². The minimum atomic E-state index is 0.861. The van der Waals surface area contributed by atoms with Crippen molar-refractivity contribution in [2.45, 2.75) is 12.8 Å². The molecular weight excluding hydrogens is 126 g/mol. The summed E-state index contributed by atoms with van der Waals surface area (Å²) in [5.74, 6) is 0.861. The first-order valence-electron chi connectivity index (χ1n) is 3.51. The summed E-state index contributed by atoms with van der Waals surface area (Å²) < 4.78 is 0. The maximum absolute atomic E-state index is 8.30. The summed E-state index contributed by atoms with van der Waals surface area (Å²) >= 11 is 0. The Bertz CT molecular complexity index is 156. The lowest BCUT2D eigenvalue weighted by Crippen LogP contribution is -2.23. The van der Waals surface area contributed by atoms with Gasteiger partial charge in [0.15, 0.2) is 0 Å². The maximum atomic E-state index is 8.30. The van der Waals surface area contributed by atoms with Crippen molar-refractivity contribution in [1.29, 1.82) is 5.26 Å². The van der Waals surface area contributed by atoms with Gasteiger partial charge in [-0.1, -0.05) is 0 Å². The molecule has 1 saturated heterocycles. The molecule has 0 aliphatic carbocycles. The van der Waals surface area contributed by atoms with Gasteiger partial charge in [-0.05, 0) is 12.8 Å². The lowest BCUT2D eigenvalue weighted by atomic mass is 10.3. The quantitative estimate of drug-likeness (QED) is 0.473. The van der Waals surface area contributed by atoms with Gasteiger partial charge in [0, 0.05) is 13.1 Å². The lowest BCUT2D eigenvalue weighted by Gasteiger charge is -2.04. The molecule has 0 radical (unpaired) electrons. The lowest BCUT2D eigenvalue weighted by molar-refractivity contribution is 0.742. The van der Waals surface area contributed by atoms with E-state index in [2.05, 4.69) is 10.6 Å². The number of rotatable bonds is 0. The first-order chi connectivity index (χ1) is 4.93. The van der Waals surface area contributed by atoms with E-state index < -0.39 is 0 Å². The predicted molar refractivity (Wildman–Crippen MR) is 38.9 cm³/mol. The summed E-state index contributed by atoms with van der Waals surface area (Å²) in [5.41, 5.74) is 0. The third-order valence-corrected chi connectivity index (χ3v) is 1.44. The minimum Gasteiger partial charge on any atom is -0.371 e. The molecule has 1 rings (SSSR count). The molecule has 0 aromatic rings. The van der Waals surface area contributed by atoms with Gasteiger partial charge in [-0.15, -0.1) is 0 Å². The van der Waals surface area contributed by atoms with E-state index >= 15 is 0 Å². The summed E-state index contributed by atoms with van der Waals surface area (Å²) in [6.07, 6.45) is 3.86. The Labute approximate surface area is 60.7 Å². The molecule has 3 heteroatoms. The van der Waals surface area contributed by atoms with E-state index in [1.807, 2.05) is 6.07 Å². The second-order valence-corrected chi connectivity index (χ2v) is 2.25. The van der Waals surface area contributed by atoms with E-state index in [1.165, 1.54) is 18.9 Å². The second-order valence-electron chi connectivity index (χ2n) is 2.25. The number of nitrogens with zero attached hydrogens (tertiary/aromatic N) is 1. The highest BCUT2D eigenvalue weighted by Crippen LogP contribution is 1.93. The third kappa shape index (κ3) is 1.98. The highest BCUT2D eigenvalue weighted by atomic mass is 15.1. The van der Waals surface area contributed by atoms with Crippen LogP contribution in [-0.2, 0) is 0 Å². The van der Waals surface area contributed by atoms with Gasteiger partial charge in [0.05, 0.1) is 12.1 Å². The third-order valence-electron chi connectivity index (χ3n) is 1.44. The van der Waals surface area contributed by atoms with Gasteiger partial charge >= 0.3 is 0 Å². The first-order valence-corrected chi connectivity index (χ1v) is 3.51. The van der Waals surface area contributed by atoms with Crippen LogP contribution < -0.4 is 10.6 Å². The summed E-state index contributed by atoms with van der Waals surface area (Å²) in [6.45, 7) is 1.95. The van der Waals surface area contributed by atoms with Crippen LogP contribution in [0.5, 0.6) is 0 Å². The molecule has 1 fully saturated rings. The average Bonchev–Trinajstić information content (AvgIpc) is 2.17. The van der Waals surface area contributed by atoms with E-state index in [0.29, 0.717) is 0 Å². The van der Waals surface area contributed by atoms with Crippen molar-refractivity contribution in [2.24, 2.45) is 0 Å². The molecule has 0 atom stereocenters. The predicted octanol–water partition coefficient (Wildman–Crippen LogP) is 0.324. The Morgan fingerprint density at radius 3 is 2.40 bits per heavy atom. The zero-order chi connectivity index (χ0) is 7.23. The molecule has 0 spiro atoms. The number of hydrogen-bond acceptors (Lipinski definition) is 3. The molecule has 0 aromatic carbocycles. The van der Waals surface area contributed by atoms with Crippen LogP contribution in [0.15, 0.2) is 11.9 Å². The van der Waals surface area contributed by atoms with Crippen LogP contribution >= 0.6 is 0 Å². The Balaban J connectivity index is 2.44. The van der Waals surface area contributed by atoms with E-state index in [9.17, 15) is 0 Å². The molecule has 0 unspecified atom stereocenters. The van der Waals surface area contributed by atoms with E-state index in [0.717, 1.165) is 18.9 Å². The van der Waals surface area contributed by atoms with Gasteiger partial charge in [-0.2, -0.15) is 5.26 Å². The summed E-state index contributed by atoms with van der Waals surface area (Å²) in [6, 6.07) is 1.98. The number of nitrogens with one attached hydrogen (secondary N) is 2. The number of allylic oxidation sites excluding steroid dienone is 1. The van der Waals surface area contributed by atoms with Crippen molar-refractivity contribution in [3.05, 3.63) is 11.9 Å². The molecule has 3 nitrogen and oxygen atoms in total. The standard InChI is InChI=1S/C7H11N3/c8-4-3-7-9-5-1-2-6-10-7/h3,9-10H,1-2,5-6H2. The summed E-state index contributed by atoms with van der Waals surface area (Å²) in [4.78, 5) is 0. The maximum Gasteiger partial charge on any atom is 0.109 e. The summed E-state index contributed by atoms with van der Waals surface area (Å²) in [7, 11) is 0. The fourth-order valence-electron chi connectivity index (χ4n) is 0.925. The average molecular weight is 137 g/mol. The number of nitriles is 1. The normalized spacial score (nSPS) is 17.7. The van der Waals surface area contributed by atoms with Crippen molar-refractivity contribution in [1.82, 2.24) is 10.6 Å². The van der Waals surface area contributed by atoms with Gasteiger partial charge in [0.2, 0.25) is 0 Å². The van der Waals surface area contributed by atoms with Crippen molar-refractivity contribution in [3.8, 4) is 6.07 Å². The van der Waals surface area contributed by atoms with Crippen LogP contribution in [0.3, 0.4) is 0 Å².